The van der Waals surface area contributed by atoms with E-state index in [0.29, 0.717) is 0 Å². The Morgan fingerprint density at radius 2 is 1.13 bits per heavy atom. The molecule has 0 rings (SSSR count). The maximum atomic E-state index is 2.37. The van der Waals surface area contributed by atoms with Crippen LogP contribution in [0.1, 0.15) is 79.1 Å². The Morgan fingerprint density at radius 1 is 0.733 bits per heavy atom. The Hall–Kier alpha value is 0.430. The summed E-state index contributed by atoms with van der Waals surface area (Å²) < 4.78 is 0. The van der Waals surface area contributed by atoms with Gasteiger partial charge in [0.1, 0.15) is 0 Å². The van der Waals surface area contributed by atoms with Crippen molar-refractivity contribution in [2.75, 3.05) is 0 Å². The van der Waals surface area contributed by atoms with Crippen molar-refractivity contribution >= 4 is 8.58 Å². The lowest BCUT2D eigenvalue weighted by atomic mass is 10.1. The summed E-state index contributed by atoms with van der Waals surface area (Å²) in [6.07, 6.45) is 11.4. The normalized spacial score (nSPS) is 16.0. The summed E-state index contributed by atoms with van der Waals surface area (Å²) in [5, 5.41) is 0. The fraction of sp³-hybridized carbons (Fsp3) is 1.00. The third-order valence-electron chi connectivity index (χ3n) is 3.27. The van der Waals surface area contributed by atoms with Crippen LogP contribution >= 0.6 is 8.58 Å². The van der Waals surface area contributed by atoms with Crippen molar-refractivity contribution in [3.8, 4) is 0 Å². The van der Waals surface area contributed by atoms with Gasteiger partial charge in [0, 0.05) is 0 Å². The molecule has 92 valence electrons. The Morgan fingerprint density at radius 3 is 1.40 bits per heavy atom. The topological polar surface area (TPSA) is 0 Å². The molecule has 0 aromatic heterocycles. The van der Waals surface area contributed by atoms with Crippen LogP contribution in [0.25, 0.3) is 0 Å². The first kappa shape index (κ1) is 15.4. The minimum Gasteiger partial charge on any atom is -0.116 e. The third kappa shape index (κ3) is 8.26. The highest BCUT2D eigenvalue weighted by atomic mass is 31.1. The van der Waals surface area contributed by atoms with Gasteiger partial charge in [0.15, 0.2) is 0 Å². The average Bonchev–Trinajstić information content (AvgIpc) is 2.28. The summed E-state index contributed by atoms with van der Waals surface area (Å²) in [6.45, 7) is 9.37. The molecule has 0 fully saturated rings. The maximum absolute atomic E-state index is 2.37. The van der Waals surface area contributed by atoms with E-state index in [-0.39, 0.29) is 0 Å². The second-order valence-electron chi connectivity index (χ2n) is 4.66. The van der Waals surface area contributed by atoms with Gasteiger partial charge in [0.2, 0.25) is 0 Å². The predicted molar refractivity (Wildman–Crippen MR) is 75.5 cm³/mol. The van der Waals surface area contributed by atoms with Crippen LogP contribution in [0.2, 0.25) is 0 Å². The van der Waals surface area contributed by atoms with Crippen molar-refractivity contribution in [3.05, 3.63) is 0 Å². The highest BCUT2D eigenvalue weighted by molar-refractivity contribution is 7.39. The van der Waals surface area contributed by atoms with Crippen molar-refractivity contribution in [3.63, 3.8) is 0 Å². The van der Waals surface area contributed by atoms with Crippen LogP contribution in [0.5, 0.6) is 0 Å². The molecule has 0 aromatic rings. The molecule has 0 bridgehead atoms. The molecular formula is C14H31P. The fourth-order valence-corrected chi connectivity index (χ4v) is 3.92. The zero-order chi connectivity index (χ0) is 11.5. The number of hydrogen-bond donors (Lipinski definition) is 0. The molecule has 0 aromatic carbocycles. The average molecular weight is 230 g/mol. The van der Waals surface area contributed by atoms with Gasteiger partial charge in [-0.3, -0.25) is 0 Å². The molecule has 0 amide bonds. The summed E-state index contributed by atoms with van der Waals surface area (Å²) in [5.41, 5.74) is 2.07. The van der Waals surface area contributed by atoms with Gasteiger partial charge in [-0.1, -0.05) is 53.4 Å². The first-order valence-electron chi connectivity index (χ1n) is 7.04. The summed E-state index contributed by atoms with van der Waals surface area (Å²) in [7, 11) is 1.23. The fourth-order valence-electron chi connectivity index (χ4n) is 2.04. The van der Waals surface area contributed by atoms with E-state index in [1.807, 2.05) is 0 Å². The molecule has 0 aliphatic carbocycles. The van der Waals surface area contributed by atoms with Gasteiger partial charge >= 0.3 is 0 Å². The SMILES string of the molecule is CCCCC(CC)PC(CC)CCCC. The lowest BCUT2D eigenvalue weighted by molar-refractivity contribution is 0.636. The molecule has 2 atom stereocenters. The highest BCUT2D eigenvalue weighted by Crippen LogP contribution is 2.35. The van der Waals surface area contributed by atoms with E-state index in [9.17, 15) is 0 Å². The smallest absolute Gasteiger partial charge is 0.0237 e. The van der Waals surface area contributed by atoms with Crippen molar-refractivity contribution in [2.45, 2.75) is 90.4 Å². The van der Waals surface area contributed by atoms with Crippen molar-refractivity contribution < 1.29 is 0 Å². The first-order chi connectivity index (χ1) is 7.28. The second kappa shape index (κ2) is 10.9. The molecule has 0 heterocycles. The first-order valence-corrected chi connectivity index (χ1v) is 8.19. The van der Waals surface area contributed by atoms with Gasteiger partial charge in [-0.2, -0.15) is 0 Å². The lowest BCUT2D eigenvalue weighted by Crippen LogP contribution is -2.07. The molecule has 15 heavy (non-hydrogen) atoms. The standard InChI is InChI=1S/C14H31P/c1-5-9-11-13(7-3)15-14(8-4)12-10-6-2/h13-15H,5-12H2,1-4H3. The Bertz CT molecular complexity index is 109. The quantitative estimate of drug-likeness (QED) is 0.428. The van der Waals surface area contributed by atoms with Gasteiger partial charge in [0.25, 0.3) is 0 Å². The second-order valence-corrected chi connectivity index (χ2v) is 6.63. The van der Waals surface area contributed by atoms with Crippen molar-refractivity contribution in [2.24, 2.45) is 0 Å². The van der Waals surface area contributed by atoms with Crippen LogP contribution in [-0.2, 0) is 0 Å². The van der Waals surface area contributed by atoms with Crippen LogP contribution in [0, 0.1) is 0 Å². The molecule has 0 N–H and O–H groups in total. The zero-order valence-electron chi connectivity index (χ0n) is 11.3. The minimum absolute atomic E-state index is 1.03. The van der Waals surface area contributed by atoms with Crippen LogP contribution in [-0.4, -0.2) is 11.3 Å². The molecule has 0 saturated heterocycles. The monoisotopic (exact) mass is 230 g/mol. The van der Waals surface area contributed by atoms with Crippen LogP contribution in [0.3, 0.4) is 0 Å². The Balaban J connectivity index is 3.77. The summed E-state index contributed by atoms with van der Waals surface area (Å²) in [6, 6.07) is 0. The highest BCUT2D eigenvalue weighted by Gasteiger charge is 2.12. The molecule has 2 unspecified atom stereocenters. The van der Waals surface area contributed by atoms with E-state index in [1.54, 1.807) is 0 Å². The van der Waals surface area contributed by atoms with Crippen LogP contribution < -0.4 is 0 Å². The number of rotatable bonds is 10. The third-order valence-corrected chi connectivity index (χ3v) is 5.61. The molecule has 0 nitrogen and oxygen atoms in total. The van der Waals surface area contributed by atoms with Crippen LogP contribution in [0.15, 0.2) is 0 Å². The van der Waals surface area contributed by atoms with Gasteiger partial charge < -0.3 is 0 Å². The molecule has 1 heteroatoms. The van der Waals surface area contributed by atoms with E-state index in [2.05, 4.69) is 27.7 Å². The van der Waals surface area contributed by atoms with Gasteiger partial charge in [-0.15, -0.1) is 8.58 Å². The molecule has 0 aliphatic heterocycles. The molecule has 0 radical (unpaired) electrons. The lowest BCUT2D eigenvalue weighted by Gasteiger charge is -2.21. The maximum Gasteiger partial charge on any atom is -0.0237 e. The number of hydrogen-bond acceptors (Lipinski definition) is 0. The Labute approximate surface area is 99.4 Å². The molecule has 0 saturated carbocycles. The molecular weight excluding hydrogens is 199 g/mol. The van der Waals surface area contributed by atoms with Crippen molar-refractivity contribution in [1.29, 1.82) is 0 Å². The van der Waals surface area contributed by atoms with E-state index in [0.717, 1.165) is 11.3 Å². The van der Waals surface area contributed by atoms with Gasteiger partial charge in [0.05, 0.1) is 0 Å². The van der Waals surface area contributed by atoms with E-state index in [4.69, 9.17) is 0 Å². The zero-order valence-corrected chi connectivity index (χ0v) is 12.3. The predicted octanol–water partition coefficient (Wildman–Crippen LogP) is 5.60. The van der Waals surface area contributed by atoms with Crippen LogP contribution in [0.4, 0.5) is 0 Å². The largest absolute Gasteiger partial charge is 0.116 e. The van der Waals surface area contributed by atoms with Gasteiger partial charge in [-0.05, 0) is 37.0 Å². The molecule has 0 spiro atoms. The molecule has 0 aliphatic rings. The Kier molecular flexibility index (Phi) is 11.2. The van der Waals surface area contributed by atoms with E-state index >= 15 is 0 Å². The van der Waals surface area contributed by atoms with Crippen molar-refractivity contribution in [1.82, 2.24) is 0 Å². The minimum atomic E-state index is 1.03. The summed E-state index contributed by atoms with van der Waals surface area (Å²) >= 11 is 0. The van der Waals surface area contributed by atoms with E-state index in [1.165, 1.54) is 59.9 Å². The number of unbranched alkanes of at least 4 members (excludes halogenated alkanes) is 2. The summed E-state index contributed by atoms with van der Waals surface area (Å²) in [5.74, 6) is 0. The van der Waals surface area contributed by atoms with E-state index < -0.39 is 0 Å². The van der Waals surface area contributed by atoms with Gasteiger partial charge in [-0.25, -0.2) is 0 Å². The summed E-state index contributed by atoms with van der Waals surface area (Å²) in [4.78, 5) is 0.